The molecule has 5 nitrogen and oxygen atoms in total. The van der Waals surface area contributed by atoms with Gasteiger partial charge in [-0.15, -0.1) is 0 Å². The van der Waals surface area contributed by atoms with Gasteiger partial charge < -0.3 is 14.9 Å². The van der Waals surface area contributed by atoms with Gasteiger partial charge in [0.2, 0.25) is 0 Å². The molecule has 2 heterocycles. The van der Waals surface area contributed by atoms with Crippen LogP contribution >= 0.6 is 15.9 Å². The third-order valence-electron chi connectivity index (χ3n) is 3.02. The van der Waals surface area contributed by atoms with Crippen molar-refractivity contribution >= 4 is 32.6 Å². The van der Waals surface area contributed by atoms with Gasteiger partial charge in [-0.2, -0.15) is 0 Å². The van der Waals surface area contributed by atoms with Crippen LogP contribution in [0.1, 0.15) is 5.56 Å². The summed E-state index contributed by atoms with van der Waals surface area (Å²) in [6.07, 6.45) is 3.10. The number of benzene rings is 1. The molecular formula is C15H11BrN2O3. The van der Waals surface area contributed by atoms with E-state index in [0.717, 1.165) is 10.9 Å². The van der Waals surface area contributed by atoms with E-state index in [4.69, 9.17) is 14.9 Å². The molecule has 0 saturated carbocycles. The summed E-state index contributed by atoms with van der Waals surface area (Å²) in [6, 6.07) is 6.76. The largest absolute Gasteiger partial charge is 0.454 e. The molecule has 2 aromatic heterocycles. The molecule has 1 aromatic carbocycles. The number of nitrogens with zero attached hydrogens (tertiary/aromatic N) is 1. The van der Waals surface area contributed by atoms with Gasteiger partial charge in [-0.3, -0.25) is 4.98 Å². The molecule has 0 aliphatic carbocycles. The molecule has 0 atom stereocenters. The summed E-state index contributed by atoms with van der Waals surface area (Å²) in [5.74, 6) is 0.995. The quantitative estimate of drug-likeness (QED) is 0.716. The molecule has 6 heteroatoms. The SMILES string of the molecule is Cc1cc(=O)oc2cc(Oc3c(N)cncc3Br)ccc12. The van der Waals surface area contributed by atoms with Crippen LogP contribution in [0, 0.1) is 6.92 Å². The Kier molecular flexibility index (Phi) is 3.39. The lowest BCUT2D eigenvalue weighted by molar-refractivity contribution is 0.479. The number of aryl methyl sites for hydroxylation is 1. The first kappa shape index (κ1) is 13.6. The van der Waals surface area contributed by atoms with Crippen molar-refractivity contribution < 1.29 is 9.15 Å². The van der Waals surface area contributed by atoms with Crippen molar-refractivity contribution in [3.63, 3.8) is 0 Å². The Hall–Kier alpha value is -2.34. The Morgan fingerprint density at radius 2 is 2.10 bits per heavy atom. The van der Waals surface area contributed by atoms with Gasteiger partial charge in [0.1, 0.15) is 11.3 Å². The molecule has 0 aliphatic heterocycles. The molecule has 106 valence electrons. The average molecular weight is 347 g/mol. The van der Waals surface area contributed by atoms with Crippen LogP contribution in [0.5, 0.6) is 11.5 Å². The molecule has 0 unspecified atom stereocenters. The molecule has 2 N–H and O–H groups in total. The number of anilines is 1. The zero-order valence-corrected chi connectivity index (χ0v) is 12.7. The molecule has 3 rings (SSSR count). The van der Waals surface area contributed by atoms with Gasteiger partial charge in [-0.05, 0) is 40.5 Å². The number of fused-ring (bicyclic) bond motifs is 1. The molecule has 21 heavy (non-hydrogen) atoms. The number of nitrogen functional groups attached to an aromatic ring is 1. The highest BCUT2D eigenvalue weighted by molar-refractivity contribution is 9.10. The second-order valence-electron chi connectivity index (χ2n) is 4.55. The van der Waals surface area contributed by atoms with E-state index in [2.05, 4.69) is 20.9 Å². The van der Waals surface area contributed by atoms with Crippen molar-refractivity contribution in [1.29, 1.82) is 0 Å². The topological polar surface area (TPSA) is 78.3 Å². The maximum absolute atomic E-state index is 11.4. The predicted octanol–water partition coefficient (Wildman–Crippen LogP) is 3.63. The molecule has 0 bridgehead atoms. The van der Waals surface area contributed by atoms with Gasteiger partial charge in [-0.1, -0.05) is 0 Å². The number of pyridine rings is 1. The van der Waals surface area contributed by atoms with Crippen molar-refractivity contribution in [2.75, 3.05) is 5.73 Å². The Balaban J connectivity index is 2.08. The summed E-state index contributed by atoms with van der Waals surface area (Å²) in [7, 11) is 0. The summed E-state index contributed by atoms with van der Waals surface area (Å²) >= 11 is 3.34. The van der Waals surface area contributed by atoms with Gasteiger partial charge >= 0.3 is 5.63 Å². The minimum Gasteiger partial charge on any atom is -0.454 e. The van der Waals surface area contributed by atoms with Gasteiger partial charge in [0.25, 0.3) is 0 Å². The smallest absolute Gasteiger partial charge is 0.336 e. The first-order chi connectivity index (χ1) is 10.0. The zero-order valence-electron chi connectivity index (χ0n) is 11.1. The third-order valence-corrected chi connectivity index (χ3v) is 3.59. The Morgan fingerprint density at radius 1 is 1.29 bits per heavy atom. The molecule has 0 amide bonds. The molecule has 0 fully saturated rings. The first-order valence-electron chi connectivity index (χ1n) is 6.16. The Morgan fingerprint density at radius 3 is 2.86 bits per heavy atom. The highest BCUT2D eigenvalue weighted by atomic mass is 79.9. The number of ether oxygens (including phenoxy) is 1. The van der Waals surface area contributed by atoms with Crippen LogP contribution < -0.4 is 16.1 Å². The predicted molar refractivity (Wildman–Crippen MR) is 83.6 cm³/mol. The minimum absolute atomic E-state index is 0.387. The fourth-order valence-corrected chi connectivity index (χ4v) is 2.46. The van der Waals surface area contributed by atoms with Crippen LogP contribution in [0.15, 0.2) is 50.3 Å². The standard InChI is InChI=1S/C15H11BrN2O3/c1-8-4-14(19)21-13-5-9(2-3-10(8)13)20-15-11(16)6-18-7-12(15)17/h2-7H,17H2,1H3. The van der Waals surface area contributed by atoms with Crippen LogP contribution in [0.25, 0.3) is 11.0 Å². The summed E-state index contributed by atoms with van der Waals surface area (Å²) in [5.41, 5.74) is 7.20. The van der Waals surface area contributed by atoms with Crippen molar-refractivity contribution in [1.82, 2.24) is 4.98 Å². The summed E-state index contributed by atoms with van der Waals surface area (Å²) in [4.78, 5) is 15.4. The Bertz CT molecular complexity index is 869. The molecule has 0 spiro atoms. The van der Waals surface area contributed by atoms with E-state index in [1.807, 2.05) is 13.0 Å². The summed E-state index contributed by atoms with van der Waals surface area (Å²) < 4.78 is 11.6. The fraction of sp³-hybridized carbons (Fsp3) is 0.0667. The van der Waals surface area contributed by atoms with E-state index in [9.17, 15) is 4.79 Å². The lowest BCUT2D eigenvalue weighted by Crippen LogP contribution is -1.98. The van der Waals surface area contributed by atoms with E-state index >= 15 is 0 Å². The molecule has 0 aliphatic rings. The summed E-state index contributed by atoms with van der Waals surface area (Å²) in [5, 5.41) is 0.865. The fourth-order valence-electron chi connectivity index (χ4n) is 2.03. The number of hydrogen-bond acceptors (Lipinski definition) is 5. The lowest BCUT2D eigenvalue weighted by Gasteiger charge is -2.10. The van der Waals surface area contributed by atoms with Crippen molar-refractivity contribution in [3.05, 3.63) is 57.1 Å². The number of hydrogen-bond donors (Lipinski definition) is 1. The third kappa shape index (κ3) is 2.62. The highest BCUT2D eigenvalue weighted by Gasteiger charge is 2.09. The van der Waals surface area contributed by atoms with E-state index in [-0.39, 0.29) is 5.63 Å². The number of halogens is 1. The van der Waals surface area contributed by atoms with Crippen LogP contribution in [-0.4, -0.2) is 4.98 Å². The summed E-state index contributed by atoms with van der Waals surface area (Å²) in [6.45, 7) is 1.86. The monoisotopic (exact) mass is 346 g/mol. The maximum Gasteiger partial charge on any atom is 0.336 e. The second kappa shape index (κ2) is 5.21. The van der Waals surface area contributed by atoms with E-state index in [1.165, 1.54) is 12.3 Å². The maximum atomic E-state index is 11.4. The number of aromatic nitrogens is 1. The van der Waals surface area contributed by atoms with Gasteiger partial charge in [-0.25, -0.2) is 4.79 Å². The minimum atomic E-state index is -0.387. The molecular weight excluding hydrogens is 336 g/mol. The number of nitrogens with two attached hydrogens (primary N) is 1. The van der Waals surface area contributed by atoms with Crippen molar-refractivity contribution in [3.8, 4) is 11.5 Å². The normalized spacial score (nSPS) is 10.8. The second-order valence-corrected chi connectivity index (χ2v) is 5.40. The molecule has 0 saturated heterocycles. The molecule has 0 radical (unpaired) electrons. The van der Waals surface area contributed by atoms with Crippen molar-refractivity contribution in [2.24, 2.45) is 0 Å². The molecule has 3 aromatic rings. The van der Waals surface area contributed by atoms with Gasteiger partial charge in [0, 0.05) is 23.7 Å². The van der Waals surface area contributed by atoms with Crippen LogP contribution in [-0.2, 0) is 0 Å². The first-order valence-corrected chi connectivity index (χ1v) is 6.95. The van der Waals surface area contributed by atoms with E-state index in [0.29, 0.717) is 27.2 Å². The van der Waals surface area contributed by atoms with Crippen LogP contribution in [0.4, 0.5) is 5.69 Å². The van der Waals surface area contributed by atoms with Gasteiger partial charge in [0.15, 0.2) is 5.75 Å². The van der Waals surface area contributed by atoms with Gasteiger partial charge in [0.05, 0.1) is 16.4 Å². The van der Waals surface area contributed by atoms with Crippen LogP contribution in [0.3, 0.4) is 0 Å². The zero-order chi connectivity index (χ0) is 15.0. The van der Waals surface area contributed by atoms with Crippen molar-refractivity contribution in [2.45, 2.75) is 6.92 Å². The average Bonchev–Trinajstić information content (AvgIpc) is 2.42. The Labute approximate surface area is 128 Å². The van der Waals surface area contributed by atoms with Crippen LogP contribution in [0.2, 0.25) is 0 Å². The van der Waals surface area contributed by atoms with E-state index < -0.39 is 0 Å². The lowest BCUT2D eigenvalue weighted by atomic mass is 10.1. The highest BCUT2D eigenvalue weighted by Crippen LogP contribution is 2.35. The number of rotatable bonds is 2. The van der Waals surface area contributed by atoms with E-state index in [1.54, 1.807) is 18.3 Å².